The zero-order chi connectivity index (χ0) is 16.1. The maximum absolute atomic E-state index is 12.1. The highest BCUT2D eigenvalue weighted by Crippen LogP contribution is 2.37. The van der Waals surface area contributed by atoms with Crippen LogP contribution in [-0.2, 0) is 9.53 Å². The molecule has 1 N–H and O–H groups in total. The quantitative estimate of drug-likeness (QED) is 0.868. The van der Waals surface area contributed by atoms with Crippen molar-refractivity contribution in [2.75, 3.05) is 39.5 Å². The molecule has 0 unspecified atom stereocenters. The van der Waals surface area contributed by atoms with Crippen LogP contribution in [0.1, 0.15) is 24.8 Å². The molecule has 1 aromatic carbocycles. The molecule has 1 aliphatic carbocycles. The second-order valence-corrected chi connectivity index (χ2v) is 6.51. The molecule has 5 nitrogen and oxygen atoms in total. The van der Waals surface area contributed by atoms with Crippen molar-refractivity contribution in [2.45, 2.75) is 31.7 Å². The van der Waals surface area contributed by atoms with Gasteiger partial charge in [-0.25, -0.2) is 0 Å². The van der Waals surface area contributed by atoms with E-state index in [2.05, 4.69) is 10.2 Å². The Labute approximate surface area is 137 Å². The number of aryl methyl sites for hydroxylation is 1. The Morgan fingerprint density at radius 1 is 1.30 bits per heavy atom. The Kier molecular flexibility index (Phi) is 5.18. The molecule has 0 bridgehead atoms. The van der Waals surface area contributed by atoms with E-state index in [0.717, 1.165) is 50.5 Å². The molecule has 126 valence electrons. The molecule has 1 aromatic rings. The van der Waals surface area contributed by atoms with Gasteiger partial charge in [-0.1, -0.05) is 18.2 Å². The number of carbonyl (C=O) groups is 1. The second kappa shape index (κ2) is 7.32. The largest absolute Gasteiger partial charge is 0.484 e. The first-order valence-electron chi connectivity index (χ1n) is 8.48. The fraction of sp³-hybridized carbons (Fsp3) is 0.611. The summed E-state index contributed by atoms with van der Waals surface area (Å²) in [4.78, 5) is 14.6. The lowest BCUT2D eigenvalue weighted by atomic mass is 9.75. The zero-order valence-electron chi connectivity index (χ0n) is 13.8. The highest BCUT2D eigenvalue weighted by atomic mass is 16.5. The first-order valence-corrected chi connectivity index (χ1v) is 8.48. The van der Waals surface area contributed by atoms with Gasteiger partial charge in [0.05, 0.1) is 13.2 Å². The smallest absolute Gasteiger partial charge is 0.258 e. The first kappa shape index (κ1) is 16.3. The van der Waals surface area contributed by atoms with Crippen molar-refractivity contribution in [1.29, 1.82) is 0 Å². The van der Waals surface area contributed by atoms with Gasteiger partial charge in [-0.3, -0.25) is 9.69 Å². The van der Waals surface area contributed by atoms with Crippen LogP contribution in [0.2, 0.25) is 0 Å². The van der Waals surface area contributed by atoms with Gasteiger partial charge in [-0.15, -0.1) is 0 Å². The van der Waals surface area contributed by atoms with E-state index in [1.165, 1.54) is 6.42 Å². The van der Waals surface area contributed by atoms with E-state index in [-0.39, 0.29) is 18.1 Å². The zero-order valence-corrected chi connectivity index (χ0v) is 13.8. The van der Waals surface area contributed by atoms with Crippen LogP contribution in [0.15, 0.2) is 24.3 Å². The fourth-order valence-corrected chi connectivity index (χ4v) is 3.40. The summed E-state index contributed by atoms with van der Waals surface area (Å²) < 4.78 is 11.1. The third kappa shape index (κ3) is 3.85. The van der Waals surface area contributed by atoms with Crippen LogP contribution in [0, 0.1) is 6.92 Å². The molecule has 2 fully saturated rings. The summed E-state index contributed by atoms with van der Waals surface area (Å²) in [5.74, 6) is 0.724. The molecule has 0 spiro atoms. The number of para-hydroxylation sites is 1. The third-order valence-electron chi connectivity index (χ3n) is 5.03. The minimum atomic E-state index is -0.0483. The lowest BCUT2D eigenvalue weighted by molar-refractivity contribution is -0.125. The van der Waals surface area contributed by atoms with Crippen LogP contribution in [0.5, 0.6) is 5.75 Å². The van der Waals surface area contributed by atoms with Crippen LogP contribution in [0.4, 0.5) is 0 Å². The number of benzene rings is 1. The number of nitrogens with one attached hydrogen (secondary N) is 1. The Balaban J connectivity index is 1.47. The van der Waals surface area contributed by atoms with E-state index >= 15 is 0 Å². The van der Waals surface area contributed by atoms with E-state index in [1.54, 1.807) is 0 Å². The molecule has 0 radical (unpaired) electrons. The van der Waals surface area contributed by atoms with Gasteiger partial charge in [0.2, 0.25) is 0 Å². The van der Waals surface area contributed by atoms with Gasteiger partial charge in [0.25, 0.3) is 5.91 Å². The van der Waals surface area contributed by atoms with Crippen molar-refractivity contribution < 1.29 is 14.3 Å². The van der Waals surface area contributed by atoms with E-state index in [4.69, 9.17) is 9.47 Å². The topological polar surface area (TPSA) is 50.8 Å². The standard InChI is InChI=1S/C18H26N2O3/c1-15-5-2-3-6-16(15)23-13-17(21)19-14-18(7-4-8-18)20-9-11-22-12-10-20/h2-3,5-6H,4,7-14H2,1H3,(H,19,21). The van der Waals surface area contributed by atoms with E-state index in [1.807, 2.05) is 31.2 Å². The highest BCUT2D eigenvalue weighted by molar-refractivity contribution is 5.77. The van der Waals surface area contributed by atoms with E-state index < -0.39 is 0 Å². The summed E-state index contributed by atoms with van der Waals surface area (Å²) in [6.07, 6.45) is 3.56. The molecule has 1 aliphatic heterocycles. The number of ether oxygens (including phenoxy) is 2. The molecule has 1 saturated carbocycles. The van der Waals surface area contributed by atoms with Crippen molar-refractivity contribution in [3.63, 3.8) is 0 Å². The average Bonchev–Trinajstić information content (AvgIpc) is 2.54. The van der Waals surface area contributed by atoms with Crippen LogP contribution in [-0.4, -0.2) is 55.8 Å². The van der Waals surface area contributed by atoms with Crippen molar-refractivity contribution in [3.8, 4) is 5.75 Å². The summed E-state index contributed by atoms with van der Waals surface area (Å²) in [5.41, 5.74) is 1.19. The van der Waals surface area contributed by atoms with Crippen molar-refractivity contribution in [3.05, 3.63) is 29.8 Å². The number of carbonyl (C=O) groups excluding carboxylic acids is 1. The first-order chi connectivity index (χ1) is 11.2. The van der Waals surface area contributed by atoms with Gasteiger partial charge in [-0.05, 0) is 37.8 Å². The summed E-state index contributed by atoms with van der Waals surface area (Å²) in [6.45, 7) is 6.30. The Hall–Kier alpha value is -1.59. The Bertz CT molecular complexity index is 537. The molecule has 23 heavy (non-hydrogen) atoms. The van der Waals surface area contributed by atoms with Gasteiger partial charge in [0, 0.05) is 25.2 Å². The summed E-state index contributed by atoms with van der Waals surface area (Å²) in [7, 11) is 0. The SMILES string of the molecule is Cc1ccccc1OCC(=O)NCC1(N2CCOCC2)CCC1. The van der Waals surface area contributed by atoms with E-state index in [0.29, 0.717) is 6.54 Å². The van der Waals surface area contributed by atoms with Gasteiger partial charge < -0.3 is 14.8 Å². The average molecular weight is 318 g/mol. The van der Waals surface area contributed by atoms with Crippen molar-refractivity contribution >= 4 is 5.91 Å². The predicted octanol–water partition coefficient (Wildman–Crippen LogP) is 1.74. The van der Waals surface area contributed by atoms with Crippen LogP contribution >= 0.6 is 0 Å². The monoisotopic (exact) mass is 318 g/mol. The Morgan fingerprint density at radius 3 is 2.70 bits per heavy atom. The minimum absolute atomic E-state index is 0.0483. The van der Waals surface area contributed by atoms with Gasteiger partial charge in [0.15, 0.2) is 6.61 Å². The van der Waals surface area contributed by atoms with Crippen molar-refractivity contribution in [1.82, 2.24) is 10.2 Å². The number of hydrogen-bond donors (Lipinski definition) is 1. The van der Waals surface area contributed by atoms with Crippen LogP contribution in [0.3, 0.4) is 0 Å². The molecule has 0 aromatic heterocycles. The lowest BCUT2D eigenvalue weighted by Crippen LogP contribution is -2.62. The van der Waals surface area contributed by atoms with Gasteiger partial charge >= 0.3 is 0 Å². The molecule has 1 heterocycles. The van der Waals surface area contributed by atoms with Crippen molar-refractivity contribution in [2.24, 2.45) is 0 Å². The maximum atomic E-state index is 12.1. The molecule has 0 atom stereocenters. The molecule has 1 amide bonds. The number of hydrogen-bond acceptors (Lipinski definition) is 4. The maximum Gasteiger partial charge on any atom is 0.258 e. The molecule has 1 saturated heterocycles. The van der Waals surface area contributed by atoms with Gasteiger partial charge in [-0.2, -0.15) is 0 Å². The predicted molar refractivity (Wildman–Crippen MR) is 88.7 cm³/mol. The number of nitrogens with zero attached hydrogens (tertiary/aromatic N) is 1. The molecule has 5 heteroatoms. The van der Waals surface area contributed by atoms with Gasteiger partial charge in [0.1, 0.15) is 5.75 Å². The molecular formula is C18H26N2O3. The highest BCUT2D eigenvalue weighted by Gasteiger charge is 2.42. The number of morpholine rings is 1. The number of rotatable bonds is 6. The second-order valence-electron chi connectivity index (χ2n) is 6.51. The number of amides is 1. The molecular weight excluding hydrogens is 292 g/mol. The molecule has 3 rings (SSSR count). The summed E-state index contributed by atoms with van der Waals surface area (Å²) in [5, 5.41) is 3.07. The Morgan fingerprint density at radius 2 is 2.04 bits per heavy atom. The minimum Gasteiger partial charge on any atom is -0.484 e. The summed E-state index contributed by atoms with van der Waals surface area (Å²) in [6, 6.07) is 7.76. The van der Waals surface area contributed by atoms with E-state index in [9.17, 15) is 4.79 Å². The lowest BCUT2D eigenvalue weighted by Gasteiger charge is -2.51. The fourth-order valence-electron chi connectivity index (χ4n) is 3.40. The molecule has 2 aliphatic rings. The summed E-state index contributed by atoms with van der Waals surface area (Å²) >= 11 is 0. The van der Waals surface area contributed by atoms with Crippen LogP contribution < -0.4 is 10.1 Å². The normalized spacial score (nSPS) is 20.6. The third-order valence-corrected chi connectivity index (χ3v) is 5.03. The van der Waals surface area contributed by atoms with Crippen LogP contribution in [0.25, 0.3) is 0 Å².